The van der Waals surface area contributed by atoms with Gasteiger partial charge in [0.15, 0.2) is 0 Å². The maximum absolute atomic E-state index is 6.48. The van der Waals surface area contributed by atoms with E-state index in [1.54, 1.807) is 6.20 Å². The Bertz CT molecular complexity index is 600. The molecule has 0 radical (unpaired) electrons. The summed E-state index contributed by atoms with van der Waals surface area (Å²) in [6, 6.07) is 6.16. The summed E-state index contributed by atoms with van der Waals surface area (Å²) in [5.74, 6) is 1.77. The van der Waals surface area contributed by atoms with E-state index in [4.69, 9.17) is 21.9 Å². The Morgan fingerprint density at radius 2 is 2.00 bits per heavy atom. The second-order valence-corrected chi connectivity index (χ2v) is 6.20. The Labute approximate surface area is 124 Å². The number of anilines is 1. The maximum atomic E-state index is 6.48. The standard InChI is InChI=1S/C16H19ClN2O/c1-10-2-4-11(5-3-10)13-7-6-12(8-15(13)17)14-9-19-20-16(14)18/h6-11H,2-5,18H2,1H3. The van der Waals surface area contributed by atoms with Gasteiger partial charge in [0, 0.05) is 5.02 Å². The van der Waals surface area contributed by atoms with Crippen LogP contribution in [0.4, 0.5) is 5.88 Å². The van der Waals surface area contributed by atoms with Gasteiger partial charge in [0.25, 0.3) is 0 Å². The molecule has 20 heavy (non-hydrogen) atoms. The second kappa shape index (κ2) is 5.49. The molecule has 1 aromatic heterocycles. The number of nitrogen functional groups attached to an aromatic ring is 1. The number of halogens is 1. The SMILES string of the molecule is CC1CCC(c2ccc(-c3cnoc3N)cc2Cl)CC1. The van der Waals surface area contributed by atoms with Crippen LogP contribution in [-0.2, 0) is 0 Å². The lowest BCUT2D eigenvalue weighted by molar-refractivity contribution is 0.348. The summed E-state index contributed by atoms with van der Waals surface area (Å²) in [5.41, 5.74) is 8.77. The molecule has 3 nitrogen and oxygen atoms in total. The quantitative estimate of drug-likeness (QED) is 0.858. The maximum Gasteiger partial charge on any atom is 0.229 e. The summed E-state index contributed by atoms with van der Waals surface area (Å²) in [7, 11) is 0. The number of nitrogens with zero attached hydrogens (tertiary/aromatic N) is 1. The lowest BCUT2D eigenvalue weighted by atomic mass is 9.79. The summed E-state index contributed by atoms with van der Waals surface area (Å²) in [4.78, 5) is 0. The largest absolute Gasteiger partial charge is 0.367 e. The molecule has 0 bridgehead atoms. The number of rotatable bonds is 2. The first-order valence-electron chi connectivity index (χ1n) is 7.15. The molecule has 1 saturated carbocycles. The predicted molar refractivity (Wildman–Crippen MR) is 81.7 cm³/mol. The Morgan fingerprint density at radius 3 is 2.60 bits per heavy atom. The Morgan fingerprint density at radius 1 is 1.25 bits per heavy atom. The molecule has 2 N–H and O–H groups in total. The van der Waals surface area contributed by atoms with Gasteiger partial charge in [-0.1, -0.05) is 48.7 Å². The molecule has 1 aliphatic carbocycles. The normalized spacial score (nSPS) is 22.9. The molecule has 106 valence electrons. The van der Waals surface area contributed by atoms with Crippen molar-refractivity contribution in [1.29, 1.82) is 0 Å². The third-order valence-corrected chi connectivity index (χ3v) is 4.69. The van der Waals surface area contributed by atoms with Crippen molar-refractivity contribution < 1.29 is 4.52 Å². The Balaban J connectivity index is 1.86. The number of hydrogen-bond donors (Lipinski definition) is 1. The molecule has 0 unspecified atom stereocenters. The number of hydrogen-bond acceptors (Lipinski definition) is 3. The van der Waals surface area contributed by atoms with E-state index >= 15 is 0 Å². The van der Waals surface area contributed by atoms with E-state index in [0.717, 1.165) is 22.1 Å². The second-order valence-electron chi connectivity index (χ2n) is 5.80. The first-order valence-corrected chi connectivity index (χ1v) is 7.53. The molecule has 2 aromatic rings. The van der Waals surface area contributed by atoms with Crippen LogP contribution in [0, 0.1) is 5.92 Å². The lowest BCUT2D eigenvalue weighted by Crippen LogP contribution is -2.11. The first-order chi connectivity index (χ1) is 9.65. The minimum absolute atomic E-state index is 0.334. The zero-order valence-corrected chi connectivity index (χ0v) is 12.4. The fraction of sp³-hybridized carbons (Fsp3) is 0.438. The monoisotopic (exact) mass is 290 g/mol. The van der Waals surface area contributed by atoms with Crippen molar-refractivity contribution in [3.8, 4) is 11.1 Å². The summed E-state index contributed by atoms with van der Waals surface area (Å²) in [6.07, 6.45) is 6.68. The van der Waals surface area contributed by atoms with Gasteiger partial charge in [-0.15, -0.1) is 0 Å². The molecule has 0 amide bonds. The van der Waals surface area contributed by atoms with Gasteiger partial charge >= 0.3 is 0 Å². The van der Waals surface area contributed by atoms with Crippen molar-refractivity contribution in [3.05, 3.63) is 35.0 Å². The smallest absolute Gasteiger partial charge is 0.229 e. The highest BCUT2D eigenvalue weighted by molar-refractivity contribution is 6.31. The molecule has 0 atom stereocenters. The molecule has 1 aromatic carbocycles. The van der Waals surface area contributed by atoms with E-state index in [9.17, 15) is 0 Å². The molecular weight excluding hydrogens is 272 g/mol. The van der Waals surface area contributed by atoms with Gasteiger partial charge in [-0.3, -0.25) is 0 Å². The molecule has 1 fully saturated rings. The highest BCUT2D eigenvalue weighted by atomic mass is 35.5. The highest BCUT2D eigenvalue weighted by Crippen LogP contribution is 2.40. The van der Waals surface area contributed by atoms with Crippen LogP contribution in [0.15, 0.2) is 28.9 Å². The Hall–Kier alpha value is -1.48. The molecule has 0 saturated heterocycles. The van der Waals surface area contributed by atoms with Gasteiger partial charge in [0.2, 0.25) is 5.88 Å². The number of benzene rings is 1. The summed E-state index contributed by atoms with van der Waals surface area (Å²) < 4.78 is 4.90. The molecule has 1 aliphatic rings. The van der Waals surface area contributed by atoms with Crippen molar-refractivity contribution in [2.75, 3.05) is 5.73 Å². The third-order valence-electron chi connectivity index (χ3n) is 4.37. The van der Waals surface area contributed by atoms with Crippen LogP contribution in [0.2, 0.25) is 5.02 Å². The van der Waals surface area contributed by atoms with Crippen LogP contribution < -0.4 is 5.73 Å². The van der Waals surface area contributed by atoms with E-state index < -0.39 is 0 Å². The van der Waals surface area contributed by atoms with Crippen LogP contribution in [0.3, 0.4) is 0 Å². The summed E-state index contributed by atoms with van der Waals surface area (Å²) in [5, 5.41) is 4.53. The highest BCUT2D eigenvalue weighted by Gasteiger charge is 2.22. The molecule has 3 rings (SSSR count). The van der Waals surface area contributed by atoms with Gasteiger partial charge in [0.1, 0.15) is 0 Å². The van der Waals surface area contributed by atoms with Crippen molar-refractivity contribution in [1.82, 2.24) is 5.16 Å². The molecule has 0 spiro atoms. The van der Waals surface area contributed by atoms with Crippen molar-refractivity contribution in [2.24, 2.45) is 5.92 Å². The zero-order chi connectivity index (χ0) is 14.1. The van der Waals surface area contributed by atoms with Gasteiger partial charge in [0.05, 0.1) is 11.8 Å². The average molecular weight is 291 g/mol. The topological polar surface area (TPSA) is 52.0 Å². The van der Waals surface area contributed by atoms with Crippen molar-refractivity contribution in [2.45, 2.75) is 38.5 Å². The third kappa shape index (κ3) is 2.55. The van der Waals surface area contributed by atoms with Crippen LogP contribution in [0.1, 0.15) is 44.1 Å². The first kappa shape index (κ1) is 13.5. The van der Waals surface area contributed by atoms with Crippen LogP contribution in [0.25, 0.3) is 11.1 Å². The number of aromatic nitrogens is 1. The van der Waals surface area contributed by atoms with E-state index in [1.165, 1.54) is 31.2 Å². The predicted octanol–water partition coefficient (Wildman–Crippen LogP) is 4.87. The van der Waals surface area contributed by atoms with Crippen LogP contribution in [-0.4, -0.2) is 5.16 Å². The fourth-order valence-corrected chi connectivity index (χ4v) is 3.40. The lowest BCUT2D eigenvalue weighted by Gasteiger charge is -2.27. The van der Waals surface area contributed by atoms with Gasteiger partial charge in [-0.2, -0.15) is 0 Å². The summed E-state index contributed by atoms with van der Waals surface area (Å²) in [6.45, 7) is 2.33. The van der Waals surface area contributed by atoms with Crippen LogP contribution in [0.5, 0.6) is 0 Å². The molecular formula is C16H19ClN2O. The average Bonchev–Trinajstić information content (AvgIpc) is 2.86. The fourth-order valence-electron chi connectivity index (χ4n) is 3.06. The van der Waals surface area contributed by atoms with Crippen LogP contribution >= 0.6 is 11.6 Å². The van der Waals surface area contributed by atoms with Gasteiger partial charge in [-0.25, -0.2) is 0 Å². The van der Waals surface area contributed by atoms with Gasteiger partial charge in [-0.05, 0) is 41.9 Å². The Kier molecular flexibility index (Phi) is 3.70. The number of nitrogens with two attached hydrogens (primary N) is 1. The molecule has 0 aliphatic heterocycles. The van der Waals surface area contributed by atoms with E-state index in [0.29, 0.717) is 11.8 Å². The van der Waals surface area contributed by atoms with E-state index in [-0.39, 0.29) is 0 Å². The van der Waals surface area contributed by atoms with Crippen molar-refractivity contribution >= 4 is 17.5 Å². The minimum atomic E-state index is 0.334. The molecule has 1 heterocycles. The van der Waals surface area contributed by atoms with E-state index in [1.807, 2.05) is 6.07 Å². The summed E-state index contributed by atoms with van der Waals surface area (Å²) >= 11 is 6.48. The molecule has 4 heteroatoms. The van der Waals surface area contributed by atoms with Gasteiger partial charge < -0.3 is 10.3 Å². The van der Waals surface area contributed by atoms with E-state index in [2.05, 4.69) is 24.2 Å². The van der Waals surface area contributed by atoms with Crippen molar-refractivity contribution in [3.63, 3.8) is 0 Å². The minimum Gasteiger partial charge on any atom is -0.367 e. The zero-order valence-electron chi connectivity index (χ0n) is 11.6.